The summed E-state index contributed by atoms with van der Waals surface area (Å²) in [7, 11) is 0. The van der Waals surface area contributed by atoms with Crippen LogP contribution in [0.15, 0.2) is 67.3 Å². The number of aromatic nitrogens is 3. The van der Waals surface area contributed by atoms with Crippen molar-refractivity contribution in [3.05, 3.63) is 78.4 Å². The molecule has 1 N–H and O–H groups in total. The molecule has 0 unspecified atom stereocenters. The predicted molar refractivity (Wildman–Crippen MR) is 109 cm³/mol. The molecule has 0 bridgehead atoms. The van der Waals surface area contributed by atoms with E-state index in [0.29, 0.717) is 11.8 Å². The number of likely N-dealkylation sites (tertiary alicyclic amines) is 1. The van der Waals surface area contributed by atoms with Crippen LogP contribution in [-0.4, -0.2) is 45.2 Å². The number of amides is 1. The van der Waals surface area contributed by atoms with Crippen LogP contribution in [0.3, 0.4) is 0 Å². The van der Waals surface area contributed by atoms with E-state index in [2.05, 4.69) is 44.7 Å². The number of carbonyl (C=O) groups excluding carboxylic acids is 1. The first-order chi connectivity index (χ1) is 13.3. The van der Waals surface area contributed by atoms with Gasteiger partial charge in [-0.3, -0.25) is 9.36 Å². The van der Waals surface area contributed by atoms with Gasteiger partial charge in [0.05, 0.1) is 6.04 Å². The number of halogens is 1. The first kappa shape index (κ1) is 18.7. The number of nitrogens with one attached hydrogen (secondary N) is 1. The van der Waals surface area contributed by atoms with E-state index in [1.165, 1.54) is 5.56 Å². The van der Waals surface area contributed by atoms with Crippen LogP contribution >= 0.6 is 12.4 Å². The predicted octanol–water partition coefficient (Wildman–Crippen LogP) is 2.72. The fourth-order valence-corrected chi connectivity index (χ4v) is 4.48. The van der Waals surface area contributed by atoms with Gasteiger partial charge in [-0.1, -0.05) is 30.3 Å². The molecule has 2 aliphatic heterocycles. The molecule has 144 valence electrons. The van der Waals surface area contributed by atoms with Crippen molar-refractivity contribution in [1.29, 1.82) is 0 Å². The Bertz CT molecular complexity index is 929. The van der Waals surface area contributed by atoms with E-state index >= 15 is 0 Å². The maximum absolute atomic E-state index is 13.3. The monoisotopic (exact) mass is 395 g/mol. The van der Waals surface area contributed by atoms with E-state index in [4.69, 9.17) is 0 Å². The number of rotatable bonds is 3. The van der Waals surface area contributed by atoms with Crippen molar-refractivity contribution in [3.8, 4) is 5.69 Å². The van der Waals surface area contributed by atoms with E-state index in [1.807, 2.05) is 34.9 Å². The molecule has 0 saturated carbocycles. The normalized spacial score (nSPS) is 23.3. The Morgan fingerprint density at radius 1 is 0.964 bits per heavy atom. The summed E-state index contributed by atoms with van der Waals surface area (Å²) >= 11 is 0. The Morgan fingerprint density at radius 2 is 1.68 bits per heavy atom. The molecule has 3 aromatic rings. The number of nitrogens with zero attached hydrogens (tertiary/aromatic N) is 4. The molecule has 0 aliphatic carbocycles. The van der Waals surface area contributed by atoms with Crippen molar-refractivity contribution < 1.29 is 4.79 Å². The molecule has 3 heterocycles. The van der Waals surface area contributed by atoms with Crippen LogP contribution in [0.1, 0.15) is 22.0 Å². The second-order valence-corrected chi connectivity index (χ2v) is 7.31. The molecular formula is C21H22ClN5O. The maximum atomic E-state index is 13.3. The van der Waals surface area contributed by atoms with Crippen molar-refractivity contribution in [1.82, 2.24) is 25.0 Å². The van der Waals surface area contributed by atoms with Crippen molar-refractivity contribution in [3.63, 3.8) is 0 Å². The Labute approximate surface area is 170 Å². The van der Waals surface area contributed by atoms with E-state index in [1.54, 1.807) is 12.7 Å². The standard InChI is InChI=1S/C21H21N5O.ClH/c27-21(16-6-8-18(9-7-16)25-13-23-24-14-25)26-12-17-10-22-11-19(17)20(26)15-4-2-1-3-5-15;/h1-9,13-14,17,19-20,22H,10-12H2;1H/t17-,19-,20+;/m0./s1. The lowest BCUT2D eigenvalue weighted by atomic mass is 9.89. The topological polar surface area (TPSA) is 63.1 Å². The summed E-state index contributed by atoms with van der Waals surface area (Å²) in [6, 6.07) is 18.2. The van der Waals surface area contributed by atoms with Gasteiger partial charge in [-0.05, 0) is 35.7 Å². The van der Waals surface area contributed by atoms with Crippen LogP contribution in [0.5, 0.6) is 0 Å². The highest BCUT2D eigenvalue weighted by Gasteiger charge is 2.46. The molecule has 7 heteroatoms. The van der Waals surface area contributed by atoms with E-state index in [0.717, 1.165) is 30.9 Å². The molecule has 2 aromatic carbocycles. The Hall–Kier alpha value is -2.70. The van der Waals surface area contributed by atoms with Gasteiger partial charge in [0.15, 0.2) is 0 Å². The molecule has 2 aliphatic rings. The first-order valence-corrected chi connectivity index (χ1v) is 9.33. The van der Waals surface area contributed by atoms with Gasteiger partial charge in [0.2, 0.25) is 0 Å². The van der Waals surface area contributed by atoms with Gasteiger partial charge in [0.1, 0.15) is 12.7 Å². The molecular weight excluding hydrogens is 374 g/mol. The summed E-state index contributed by atoms with van der Waals surface area (Å²) in [6.45, 7) is 2.77. The number of benzene rings is 2. The molecule has 3 atom stereocenters. The summed E-state index contributed by atoms with van der Waals surface area (Å²) < 4.78 is 1.83. The second-order valence-electron chi connectivity index (χ2n) is 7.31. The average molecular weight is 396 g/mol. The number of fused-ring (bicyclic) bond motifs is 1. The third-order valence-electron chi connectivity index (χ3n) is 5.80. The number of hydrogen-bond donors (Lipinski definition) is 1. The molecule has 0 radical (unpaired) electrons. The van der Waals surface area contributed by atoms with Gasteiger partial charge in [0, 0.05) is 36.8 Å². The average Bonchev–Trinajstić information content (AvgIpc) is 3.45. The van der Waals surface area contributed by atoms with Crippen molar-refractivity contribution in [2.75, 3.05) is 19.6 Å². The maximum Gasteiger partial charge on any atom is 0.254 e. The molecule has 2 fully saturated rings. The zero-order valence-electron chi connectivity index (χ0n) is 15.3. The van der Waals surface area contributed by atoms with Crippen LogP contribution < -0.4 is 5.32 Å². The Morgan fingerprint density at radius 3 is 2.39 bits per heavy atom. The summed E-state index contributed by atoms with van der Waals surface area (Å²) in [5, 5.41) is 11.1. The highest BCUT2D eigenvalue weighted by atomic mass is 35.5. The quantitative estimate of drug-likeness (QED) is 0.740. The zero-order chi connectivity index (χ0) is 18.2. The van der Waals surface area contributed by atoms with Crippen LogP contribution in [0.25, 0.3) is 5.69 Å². The Kier molecular flexibility index (Phi) is 5.15. The minimum atomic E-state index is 0. The minimum absolute atomic E-state index is 0. The molecule has 1 amide bonds. The summed E-state index contributed by atoms with van der Waals surface area (Å²) in [6.07, 6.45) is 3.30. The van der Waals surface area contributed by atoms with Gasteiger partial charge in [-0.15, -0.1) is 22.6 Å². The lowest BCUT2D eigenvalue weighted by Gasteiger charge is -2.28. The van der Waals surface area contributed by atoms with Crippen LogP contribution in [0.2, 0.25) is 0 Å². The molecule has 2 saturated heterocycles. The smallest absolute Gasteiger partial charge is 0.254 e. The summed E-state index contributed by atoms with van der Waals surface area (Å²) in [5.74, 6) is 1.11. The zero-order valence-corrected chi connectivity index (χ0v) is 16.1. The molecule has 0 spiro atoms. The second kappa shape index (κ2) is 7.73. The largest absolute Gasteiger partial charge is 0.331 e. The summed E-state index contributed by atoms with van der Waals surface area (Å²) in [5.41, 5.74) is 2.89. The summed E-state index contributed by atoms with van der Waals surface area (Å²) in [4.78, 5) is 15.4. The van der Waals surface area contributed by atoms with E-state index < -0.39 is 0 Å². The van der Waals surface area contributed by atoms with E-state index in [9.17, 15) is 4.79 Å². The van der Waals surface area contributed by atoms with Gasteiger partial charge in [-0.2, -0.15) is 0 Å². The van der Waals surface area contributed by atoms with Crippen LogP contribution in [-0.2, 0) is 0 Å². The van der Waals surface area contributed by atoms with Crippen molar-refractivity contribution >= 4 is 18.3 Å². The molecule has 28 heavy (non-hydrogen) atoms. The van der Waals surface area contributed by atoms with Crippen LogP contribution in [0, 0.1) is 11.8 Å². The lowest BCUT2D eigenvalue weighted by molar-refractivity contribution is 0.0714. The number of hydrogen-bond acceptors (Lipinski definition) is 4. The highest BCUT2D eigenvalue weighted by Crippen LogP contribution is 2.43. The SMILES string of the molecule is Cl.O=C(c1ccc(-n2cnnc2)cc1)N1C[C@@H]2CNC[C@@H]2[C@H]1c1ccccc1. The van der Waals surface area contributed by atoms with Gasteiger partial charge >= 0.3 is 0 Å². The van der Waals surface area contributed by atoms with Crippen molar-refractivity contribution in [2.45, 2.75) is 6.04 Å². The van der Waals surface area contributed by atoms with Gasteiger partial charge < -0.3 is 10.2 Å². The van der Waals surface area contributed by atoms with Gasteiger partial charge in [-0.25, -0.2) is 0 Å². The fourth-order valence-electron chi connectivity index (χ4n) is 4.48. The first-order valence-electron chi connectivity index (χ1n) is 9.33. The van der Waals surface area contributed by atoms with Gasteiger partial charge in [0.25, 0.3) is 5.91 Å². The highest BCUT2D eigenvalue weighted by molar-refractivity contribution is 5.95. The molecule has 1 aromatic heterocycles. The fraction of sp³-hybridized carbons (Fsp3) is 0.286. The lowest BCUT2D eigenvalue weighted by Crippen LogP contribution is -2.34. The minimum Gasteiger partial charge on any atom is -0.331 e. The van der Waals surface area contributed by atoms with Crippen LogP contribution in [0.4, 0.5) is 0 Å². The third kappa shape index (κ3) is 3.19. The molecule has 6 nitrogen and oxygen atoms in total. The van der Waals surface area contributed by atoms with E-state index in [-0.39, 0.29) is 24.4 Å². The third-order valence-corrected chi connectivity index (χ3v) is 5.80. The Balaban J connectivity index is 0.00000192. The number of carbonyl (C=O) groups is 1. The van der Waals surface area contributed by atoms with Crippen molar-refractivity contribution in [2.24, 2.45) is 11.8 Å². The molecule has 5 rings (SSSR count).